The molecule has 7 N–H and O–H groups in total. The third-order valence-electron chi connectivity index (χ3n) is 7.22. The van der Waals surface area contributed by atoms with Crippen molar-refractivity contribution in [2.45, 2.75) is 81.8 Å². The summed E-state index contributed by atoms with van der Waals surface area (Å²) < 4.78 is 0. The lowest BCUT2D eigenvalue weighted by atomic mass is 9.86. The van der Waals surface area contributed by atoms with Crippen LogP contribution in [0, 0.1) is 0 Å². The van der Waals surface area contributed by atoms with Gasteiger partial charge in [-0.3, -0.25) is 19.2 Å². The molecule has 198 valence electrons. The van der Waals surface area contributed by atoms with Crippen LogP contribution in [0.15, 0.2) is 30.3 Å². The van der Waals surface area contributed by atoms with Crippen LogP contribution < -0.4 is 16.8 Å². The van der Waals surface area contributed by atoms with Crippen molar-refractivity contribution in [3.8, 4) is 0 Å². The number of carbonyl (C=O) groups is 4. The van der Waals surface area contributed by atoms with Crippen molar-refractivity contribution in [2.75, 3.05) is 13.1 Å². The molecule has 2 saturated heterocycles. The number of aliphatic hydroxyl groups excluding tert-OH is 2. The van der Waals surface area contributed by atoms with Crippen LogP contribution in [0.2, 0.25) is 0 Å². The second kappa shape index (κ2) is 11.4. The van der Waals surface area contributed by atoms with Crippen molar-refractivity contribution in [1.29, 1.82) is 0 Å². The molecule has 0 aromatic heterocycles. The molecule has 11 nitrogen and oxygen atoms in total. The number of carbonyl (C=O) groups excluding carboxylic acids is 4. The molecule has 2 aliphatic rings. The number of hydrogen-bond donors (Lipinski definition) is 5. The van der Waals surface area contributed by atoms with E-state index in [1.807, 2.05) is 30.3 Å². The largest absolute Gasteiger partial charge is 0.391 e. The Morgan fingerprint density at radius 1 is 1.08 bits per heavy atom. The molecule has 36 heavy (non-hydrogen) atoms. The van der Waals surface area contributed by atoms with E-state index >= 15 is 0 Å². The number of nitrogens with one attached hydrogen (secondary N) is 1. The Morgan fingerprint density at radius 3 is 2.33 bits per heavy atom. The minimum absolute atomic E-state index is 0.185. The fourth-order valence-electron chi connectivity index (χ4n) is 5.20. The Hall–Kier alpha value is -3.02. The van der Waals surface area contributed by atoms with Gasteiger partial charge in [-0.05, 0) is 45.1 Å². The molecular weight excluding hydrogens is 466 g/mol. The van der Waals surface area contributed by atoms with Gasteiger partial charge in [-0.1, -0.05) is 30.3 Å². The smallest absolute Gasteiger partial charge is 0.247 e. The molecule has 0 radical (unpaired) electrons. The lowest BCUT2D eigenvalue weighted by Gasteiger charge is -2.41. The van der Waals surface area contributed by atoms with Crippen molar-refractivity contribution >= 4 is 23.6 Å². The molecule has 0 spiro atoms. The number of likely N-dealkylation sites (tertiary alicyclic amines) is 2. The Labute approximate surface area is 210 Å². The second-order valence-electron chi connectivity index (χ2n) is 9.84. The van der Waals surface area contributed by atoms with Gasteiger partial charge in [0.05, 0.1) is 12.2 Å². The van der Waals surface area contributed by atoms with Crippen molar-refractivity contribution in [2.24, 2.45) is 11.5 Å². The Bertz CT molecular complexity index is 971. The topological polar surface area (TPSA) is 179 Å². The maximum absolute atomic E-state index is 13.9. The zero-order valence-electron chi connectivity index (χ0n) is 20.8. The lowest BCUT2D eigenvalue weighted by Crippen LogP contribution is -2.65. The van der Waals surface area contributed by atoms with E-state index in [4.69, 9.17) is 11.5 Å². The molecule has 0 aliphatic carbocycles. The second-order valence-corrected chi connectivity index (χ2v) is 9.84. The first-order chi connectivity index (χ1) is 17.0. The Morgan fingerprint density at radius 2 is 1.75 bits per heavy atom. The highest BCUT2D eigenvalue weighted by Crippen LogP contribution is 2.36. The summed E-state index contributed by atoms with van der Waals surface area (Å²) >= 11 is 0. The number of amides is 4. The number of primary amides is 1. The molecule has 2 aliphatic heterocycles. The summed E-state index contributed by atoms with van der Waals surface area (Å²) in [5.74, 6) is -2.36. The van der Waals surface area contributed by atoms with Crippen LogP contribution in [0.4, 0.5) is 0 Å². The standard InChI is InChI=1S/C25H37N5O6/c1-15(31)19(26)23(35)29-12-6-10-18(29)22(34)30-13-7-11-25(30,14-17-8-4-3-5-9-17)24(36)28-20(16(2)32)21(27)33/h3-5,8-9,15-16,18-20,31-32H,6-7,10-14,26H2,1-2H3,(H2,27,33)(H,28,36)/t15-,16-,18?,19+,20+,25-/m1/s1. The molecule has 0 saturated carbocycles. The van der Waals surface area contributed by atoms with Gasteiger partial charge >= 0.3 is 0 Å². The van der Waals surface area contributed by atoms with E-state index in [1.165, 1.54) is 23.6 Å². The van der Waals surface area contributed by atoms with Crippen LogP contribution in [0.25, 0.3) is 0 Å². The number of hydrogen-bond acceptors (Lipinski definition) is 7. The van der Waals surface area contributed by atoms with Gasteiger partial charge in [0.2, 0.25) is 23.6 Å². The molecular formula is C25H37N5O6. The summed E-state index contributed by atoms with van der Waals surface area (Å²) in [7, 11) is 0. The SMILES string of the molecule is C[C@@H](O)[C@H](N)C(=O)N1CCCC1C(=O)N1CCC[C@@]1(Cc1ccccc1)C(=O)N[C@H](C(N)=O)[C@@H](C)O. The number of rotatable bonds is 9. The minimum atomic E-state index is -1.34. The number of nitrogens with zero attached hydrogens (tertiary/aromatic N) is 2. The van der Waals surface area contributed by atoms with Crippen molar-refractivity contribution in [3.63, 3.8) is 0 Å². The summed E-state index contributed by atoms with van der Waals surface area (Å²) in [5, 5.41) is 22.4. The lowest BCUT2D eigenvalue weighted by molar-refractivity contribution is -0.152. The molecule has 1 aromatic carbocycles. The third kappa shape index (κ3) is 5.53. The van der Waals surface area contributed by atoms with E-state index in [0.29, 0.717) is 32.2 Å². The monoisotopic (exact) mass is 503 g/mol. The average Bonchev–Trinajstić information content (AvgIpc) is 3.49. The maximum atomic E-state index is 13.9. The minimum Gasteiger partial charge on any atom is -0.391 e. The van der Waals surface area contributed by atoms with Gasteiger partial charge in [0.15, 0.2) is 0 Å². The summed E-state index contributed by atoms with van der Waals surface area (Å²) in [4.78, 5) is 55.4. The maximum Gasteiger partial charge on any atom is 0.247 e. The van der Waals surface area contributed by atoms with E-state index in [9.17, 15) is 29.4 Å². The average molecular weight is 504 g/mol. The Balaban J connectivity index is 1.96. The first kappa shape index (κ1) is 27.6. The number of benzene rings is 1. The van der Waals surface area contributed by atoms with Crippen LogP contribution in [0.3, 0.4) is 0 Å². The van der Waals surface area contributed by atoms with Crippen LogP contribution in [-0.4, -0.2) is 92.6 Å². The van der Waals surface area contributed by atoms with E-state index in [0.717, 1.165) is 5.56 Å². The molecule has 2 fully saturated rings. The molecule has 3 rings (SSSR count). The van der Waals surface area contributed by atoms with Crippen LogP contribution in [-0.2, 0) is 25.6 Å². The highest BCUT2D eigenvalue weighted by molar-refractivity contribution is 5.98. The highest BCUT2D eigenvalue weighted by atomic mass is 16.3. The quantitative estimate of drug-likeness (QED) is 0.276. The van der Waals surface area contributed by atoms with Gasteiger partial charge in [0, 0.05) is 19.5 Å². The number of nitrogens with two attached hydrogens (primary N) is 2. The van der Waals surface area contributed by atoms with E-state index in [1.54, 1.807) is 0 Å². The normalized spacial score (nSPS) is 25.2. The highest BCUT2D eigenvalue weighted by Gasteiger charge is 2.53. The fraction of sp³-hybridized carbons (Fsp3) is 0.600. The predicted octanol–water partition coefficient (Wildman–Crippen LogP) is -1.36. The Kier molecular flexibility index (Phi) is 8.70. The molecule has 11 heteroatoms. The first-order valence-corrected chi connectivity index (χ1v) is 12.4. The zero-order chi connectivity index (χ0) is 26.6. The molecule has 1 aromatic rings. The molecule has 0 bridgehead atoms. The summed E-state index contributed by atoms with van der Waals surface area (Å²) in [6.07, 6.45) is -0.246. The van der Waals surface area contributed by atoms with Gasteiger partial charge in [-0.2, -0.15) is 0 Å². The van der Waals surface area contributed by atoms with Gasteiger partial charge < -0.3 is 36.8 Å². The van der Waals surface area contributed by atoms with Crippen LogP contribution in [0.1, 0.15) is 45.1 Å². The fourth-order valence-corrected chi connectivity index (χ4v) is 5.20. The van der Waals surface area contributed by atoms with Crippen molar-refractivity contribution < 1.29 is 29.4 Å². The van der Waals surface area contributed by atoms with Crippen molar-refractivity contribution in [1.82, 2.24) is 15.1 Å². The van der Waals surface area contributed by atoms with Gasteiger partial charge in [0.25, 0.3) is 0 Å². The summed E-state index contributed by atoms with van der Waals surface area (Å²) in [6, 6.07) is 5.92. The molecule has 2 heterocycles. The van der Waals surface area contributed by atoms with Crippen molar-refractivity contribution in [3.05, 3.63) is 35.9 Å². The van der Waals surface area contributed by atoms with E-state index in [-0.39, 0.29) is 18.9 Å². The van der Waals surface area contributed by atoms with E-state index < -0.39 is 53.6 Å². The number of aliphatic hydroxyl groups is 2. The first-order valence-electron chi connectivity index (χ1n) is 12.4. The van der Waals surface area contributed by atoms with Gasteiger partial charge in [-0.15, -0.1) is 0 Å². The predicted molar refractivity (Wildman–Crippen MR) is 131 cm³/mol. The van der Waals surface area contributed by atoms with Crippen LogP contribution >= 0.6 is 0 Å². The summed E-state index contributed by atoms with van der Waals surface area (Å²) in [6.45, 7) is 3.39. The van der Waals surface area contributed by atoms with Gasteiger partial charge in [-0.25, -0.2) is 0 Å². The van der Waals surface area contributed by atoms with Gasteiger partial charge in [0.1, 0.15) is 23.7 Å². The summed E-state index contributed by atoms with van der Waals surface area (Å²) in [5.41, 5.74) is 10.8. The third-order valence-corrected chi connectivity index (χ3v) is 7.22. The molecule has 6 atom stereocenters. The molecule has 4 amide bonds. The molecule has 1 unspecified atom stereocenters. The van der Waals surface area contributed by atoms with Crippen LogP contribution in [0.5, 0.6) is 0 Å². The zero-order valence-corrected chi connectivity index (χ0v) is 20.8. The van der Waals surface area contributed by atoms with E-state index in [2.05, 4.69) is 5.32 Å².